The van der Waals surface area contributed by atoms with Crippen molar-refractivity contribution < 1.29 is 9.59 Å². The molecule has 0 bridgehead atoms. The van der Waals surface area contributed by atoms with Crippen LogP contribution in [0.4, 0.5) is 11.4 Å². The summed E-state index contributed by atoms with van der Waals surface area (Å²) in [4.78, 5) is 34.9. The Labute approximate surface area is 186 Å². The average molecular weight is 425 g/mol. The number of pyridine rings is 2. The number of amides is 2. The number of benzene rings is 2. The monoisotopic (exact) mass is 424 g/mol. The van der Waals surface area contributed by atoms with Gasteiger partial charge in [0.25, 0.3) is 0 Å². The lowest BCUT2D eigenvalue weighted by molar-refractivity contribution is -0.124. The van der Waals surface area contributed by atoms with Gasteiger partial charge in [0.2, 0.25) is 11.8 Å². The molecule has 1 fully saturated rings. The quantitative estimate of drug-likeness (QED) is 0.474. The molecule has 2 heterocycles. The van der Waals surface area contributed by atoms with Crippen LogP contribution in [-0.4, -0.2) is 21.8 Å². The molecular formula is C26H24N4O2. The van der Waals surface area contributed by atoms with Crippen LogP contribution in [-0.2, 0) is 9.59 Å². The highest BCUT2D eigenvalue weighted by molar-refractivity contribution is 6.03. The Bertz CT molecular complexity index is 1190. The standard InChI is InChI=1S/C26H24N4O2/c31-25(29-21-12-2-6-17-10-4-14-27-23(17)21)19-8-1-9-20(16-19)26(32)30-22-13-3-7-18-11-5-15-28-24(18)22/h2-7,10-15,19-20H,1,8-9,16H2,(H,29,31)(H,30,32). The molecule has 1 saturated carbocycles. The zero-order valence-electron chi connectivity index (χ0n) is 17.6. The van der Waals surface area contributed by atoms with E-state index >= 15 is 0 Å². The van der Waals surface area contributed by atoms with Crippen molar-refractivity contribution in [3.63, 3.8) is 0 Å². The Morgan fingerprint density at radius 1 is 0.688 bits per heavy atom. The zero-order chi connectivity index (χ0) is 21.9. The first-order chi connectivity index (χ1) is 15.7. The molecule has 4 aromatic rings. The van der Waals surface area contributed by atoms with Crippen LogP contribution in [0.15, 0.2) is 73.1 Å². The van der Waals surface area contributed by atoms with Gasteiger partial charge in [-0.1, -0.05) is 42.8 Å². The largest absolute Gasteiger partial charge is 0.324 e. The third-order valence-corrected chi connectivity index (χ3v) is 6.20. The van der Waals surface area contributed by atoms with Crippen molar-refractivity contribution in [1.82, 2.24) is 9.97 Å². The summed E-state index contributed by atoms with van der Waals surface area (Å²) >= 11 is 0. The normalized spacial score (nSPS) is 18.4. The van der Waals surface area contributed by atoms with E-state index in [0.29, 0.717) is 17.8 Å². The van der Waals surface area contributed by atoms with E-state index in [1.54, 1.807) is 12.4 Å². The summed E-state index contributed by atoms with van der Waals surface area (Å²) in [6.07, 6.45) is 6.39. The molecule has 2 amide bonds. The summed E-state index contributed by atoms with van der Waals surface area (Å²) in [6, 6.07) is 19.2. The number of nitrogens with zero attached hydrogens (tertiary/aromatic N) is 2. The lowest BCUT2D eigenvalue weighted by Gasteiger charge is -2.27. The highest BCUT2D eigenvalue weighted by atomic mass is 16.2. The fraction of sp³-hybridized carbons (Fsp3) is 0.231. The van der Waals surface area contributed by atoms with E-state index in [-0.39, 0.29) is 23.7 Å². The van der Waals surface area contributed by atoms with Gasteiger partial charge in [-0.05, 0) is 43.5 Å². The lowest BCUT2D eigenvalue weighted by atomic mass is 9.80. The average Bonchev–Trinajstić information content (AvgIpc) is 2.84. The Hall–Kier alpha value is -3.80. The van der Waals surface area contributed by atoms with Crippen LogP contribution >= 0.6 is 0 Å². The van der Waals surface area contributed by atoms with Gasteiger partial charge in [0, 0.05) is 35.0 Å². The number of carbonyl (C=O) groups excluding carboxylic acids is 2. The van der Waals surface area contributed by atoms with Gasteiger partial charge >= 0.3 is 0 Å². The van der Waals surface area contributed by atoms with Crippen molar-refractivity contribution in [2.75, 3.05) is 10.6 Å². The molecule has 2 unspecified atom stereocenters. The van der Waals surface area contributed by atoms with Crippen LogP contribution in [0.3, 0.4) is 0 Å². The minimum atomic E-state index is -0.205. The maximum absolute atomic E-state index is 13.0. The van der Waals surface area contributed by atoms with Gasteiger partial charge in [-0.2, -0.15) is 0 Å². The number of hydrogen-bond acceptors (Lipinski definition) is 4. The second-order valence-electron chi connectivity index (χ2n) is 8.30. The van der Waals surface area contributed by atoms with Crippen molar-refractivity contribution in [2.45, 2.75) is 25.7 Å². The Morgan fingerprint density at radius 3 is 1.66 bits per heavy atom. The van der Waals surface area contributed by atoms with E-state index in [2.05, 4.69) is 20.6 Å². The van der Waals surface area contributed by atoms with Gasteiger partial charge in [0.15, 0.2) is 0 Å². The van der Waals surface area contributed by atoms with Crippen molar-refractivity contribution in [1.29, 1.82) is 0 Å². The molecule has 0 radical (unpaired) electrons. The number of hydrogen-bond donors (Lipinski definition) is 2. The minimum absolute atomic E-state index is 0.0486. The van der Waals surface area contributed by atoms with Crippen molar-refractivity contribution in [2.24, 2.45) is 11.8 Å². The Morgan fingerprint density at radius 2 is 1.16 bits per heavy atom. The van der Waals surface area contributed by atoms with Crippen LogP contribution in [0.2, 0.25) is 0 Å². The fourth-order valence-corrected chi connectivity index (χ4v) is 4.55. The van der Waals surface area contributed by atoms with E-state index < -0.39 is 0 Å². The summed E-state index contributed by atoms with van der Waals surface area (Å²) in [5.74, 6) is -0.506. The van der Waals surface area contributed by atoms with Crippen LogP contribution in [0.5, 0.6) is 0 Å². The van der Waals surface area contributed by atoms with Gasteiger partial charge in [-0.25, -0.2) is 0 Å². The number of aromatic nitrogens is 2. The molecule has 5 rings (SSSR count). The third-order valence-electron chi connectivity index (χ3n) is 6.20. The molecule has 6 nitrogen and oxygen atoms in total. The molecule has 0 aliphatic heterocycles. The molecule has 0 spiro atoms. The van der Waals surface area contributed by atoms with Gasteiger partial charge < -0.3 is 10.6 Å². The summed E-state index contributed by atoms with van der Waals surface area (Å²) in [7, 11) is 0. The predicted octanol–water partition coefficient (Wildman–Crippen LogP) is 5.17. The van der Waals surface area contributed by atoms with Crippen LogP contribution < -0.4 is 10.6 Å². The lowest BCUT2D eigenvalue weighted by Crippen LogP contribution is -2.33. The maximum Gasteiger partial charge on any atom is 0.227 e. The molecule has 1 aliphatic rings. The first kappa shape index (κ1) is 20.1. The predicted molar refractivity (Wildman–Crippen MR) is 126 cm³/mol. The number of nitrogens with one attached hydrogen (secondary N) is 2. The molecule has 2 atom stereocenters. The van der Waals surface area contributed by atoms with E-state index in [9.17, 15) is 9.59 Å². The molecule has 6 heteroatoms. The fourth-order valence-electron chi connectivity index (χ4n) is 4.55. The molecule has 160 valence electrons. The summed E-state index contributed by atoms with van der Waals surface area (Å²) < 4.78 is 0. The molecule has 2 N–H and O–H groups in total. The van der Waals surface area contributed by atoms with E-state index in [0.717, 1.165) is 41.1 Å². The molecule has 1 aliphatic carbocycles. The summed E-state index contributed by atoms with van der Waals surface area (Å²) in [6.45, 7) is 0. The number of para-hydroxylation sites is 2. The second-order valence-corrected chi connectivity index (χ2v) is 8.30. The molecule has 2 aromatic carbocycles. The number of rotatable bonds is 4. The number of fused-ring (bicyclic) bond motifs is 2. The first-order valence-electron chi connectivity index (χ1n) is 11.0. The van der Waals surface area contributed by atoms with Crippen LogP contribution in [0.1, 0.15) is 25.7 Å². The number of carbonyl (C=O) groups is 2. The summed E-state index contributed by atoms with van der Waals surface area (Å²) in [5.41, 5.74) is 2.97. The van der Waals surface area contributed by atoms with Gasteiger partial charge in [0.05, 0.1) is 22.4 Å². The molecular weight excluding hydrogens is 400 g/mol. The Balaban J connectivity index is 1.28. The van der Waals surface area contributed by atoms with Crippen LogP contribution in [0, 0.1) is 11.8 Å². The highest BCUT2D eigenvalue weighted by Gasteiger charge is 2.31. The van der Waals surface area contributed by atoms with E-state index in [1.807, 2.05) is 60.7 Å². The molecule has 32 heavy (non-hydrogen) atoms. The minimum Gasteiger partial charge on any atom is -0.324 e. The third kappa shape index (κ3) is 4.04. The van der Waals surface area contributed by atoms with E-state index in [4.69, 9.17) is 0 Å². The molecule has 2 aromatic heterocycles. The topological polar surface area (TPSA) is 84.0 Å². The van der Waals surface area contributed by atoms with Crippen molar-refractivity contribution in [3.05, 3.63) is 73.1 Å². The van der Waals surface area contributed by atoms with Crippen molar-refractivity contribution in [3.8, 4) is 0 Å². The zero-order valence-corrected chi connectivity index (χ0v) is 17.6. The molecule has 0 saturated heterocycles. The van der Waals surface area contributed by atoms with Crippen LogP contribution in [0.25, 0.3) is 21.8 Å². The van der Waals surface area contributed by atoms with Gasteiger partial charge in [-0.3, -0.25) is 19.6 Å². The second kappa shape index (κ2) is 8.75. The van der Waals surface area contributed by atoms with Crippen molar-refractivity contribution >= 4 is 45.0 Å². The SMILES string of the molecule is O=C(Nc1cccc2cccnc12)C1CCCC(C(=O)Nc2cccc3cccnc23)C1. The van der Waals surface area contributed by atoms with Gasteiger partial charge in [-0.15, -0.1) is 0 Å². The summed E-state index contributed by atoms with van der Waals surface area (Å²) in [5, 5.41) is 8.05. The smallest absolute Gasteiger partial charge is 0.227 e. The van der Waals surface area contributed by atoms with Gasteiger partial charge in [0.1, 0.15) is 0 Å². The Kier molecular flexibility index (Phi) is 5.50. The highest BCUT2D eigenvalue weighted by Crippen LogP contribution is 2.32. The van der Waals surface area contributed by atoms with E-state index in [1.165, 1.54) is 0 Å². The maximum atomic E-state index is 13.0. The number of anilines is 2. The first-order valence-corrected chi connectivity index (χ1v) is 11.0.